The summed E-state index contributed by atoms with van der Waals surface area (Å²) in [4.78, 5) is 29.5. The molecule has 0 atom stereocenters. The Morgan fingerprint density at radius 2 is 2.00 bits per heavy atom. The Labute approximate surface area is 177 Å². The predicted molar refractivity (Wildman–Crippen MR) is 113 cm³/mol. The van der Waals surface area contributed by atoms with E-state index >= 15 is 0 Å². The minimum atomic E-state index is -0.392. The zero-order valence-corrected chi connectivity index (χ0v) is 18.0. The molecule has 0 N–H and O–H groups in total. The Balaban J connectivity index is 2.01. The molecule has 0 aliphatic carbocycles. The van der Waals surface area contributed by atoms with Crippen LogP contribution in [0.15, 0.2) is 41.4 Å². The number of hydrogen-bond donors (Lipinski definition) is 0. The maximum atomic E-state index is 12.7. The zero-order chi connectivity index (χ0) is 21.0. The molecule has 0 bridgehead atoms. The molecule has 3 rings (SSSR count). The molecule has 1 heterocycles. The number of benzene rings is 2. The summed E-state index contributed by atoms with van der Waals surface area (Å²) < 4.78 is 12.9. The van der Waals surface area contributed by atoms with Gasteiger partial charge in [0.25, 0.3) is 5.91 Å². The Morgan fingerprint density at radius 1 is 1.21 bits per heavy atom. The van der Waals surface area contributed by atoms with Crippen molar-refractivity contribution < 1.29 is 19.1 Å². The second kappa shape index (κ2) is 9.24. The number of ether oxygens (including phenoxy) is 2. The first-order valence-corrected chi connectivity index (χ1v) is 10.3. The van der Waals surface area contributed by atoms with Crippen LogP contribution in [0, 0.1) is 6.92 Å². The number of aromatic nitrogens is 1. The molecule has 29 heavy (non-hydrogen) atoms. The maximum Gasteiger partial charge on any atom is 0.326 e. The van der Waals surface area contributed by atoms with Gasteiger partial charge in [0.15, 0.2) is 4.80 Å². The van der Waals surface area contributed by atoms with Crippen molar-refractivity contribution in [2.45, 2.75) is 26.8 Å². The number of carbonyl (C=O) groups excluding carboxylic acids is 2. The highest BCUT2D eigenvalue weighted by Crippen LogP contribution is 2.23. The third kappa shape index (κ3) is 5.05. The molecule has 0 aliphatic heterocycles. The summed E-state index contributed by atoms with van der Waals surface area (Å²) in [7, 11) is 1.57. The number of carbonyl (C=O) groups is 2. The van der Waals surface area contributed by atoms with E-state index in [1.807, 2.05) is 25.1 Å². The van der Waals surface area contributed by atoms with Gasteiger partial charge in [0, 0.05) is 10.6 Å². The van der Waals surface area contributed by atoms with Crippen LogP contribution >= 0.6 is 22.9 Å². The van der Waals surface area contributed by atoms with Crippen LogP contribution in [0.3, 0.4) is 0 Å². The monoisotopic (exact) mass is 432 g/mol. The number of methoxy groups -OCH3 is 1. The minimum Gasteiger partial charge on any atom is -0.496 e. The first-order valence-electron chi connectivity index (χ1n) is 9.07. The average Bonchev–Trinajstić information content (AvgIpc) is 2.98. The molecule has 8 heteroatoms. The van der Waals surface area contributed by atoms with Gasteiger partial charge in [-0.1, -0.05) is 40.6 Å². The smallest absolute Gasteiger partial charge is 0.326 e. The van der Waals surface area contributed by atoms with Gasteiger partial charge >= 0.3 is 5.97 Å². The molecule has 0 aliphatic rings. The first-order chi connectivity index (χ1) is 13.9. The molecule has 2 aromatic carbocycles. The fourth-order valence-electron chi connectivity index (χ4n) is 2.98. The van der Waals surface area contributed by atoms with E-state index in [-0.39, 0.29) is 25.5 Å². The predicted octanol–water partition coefficient (Wildman–Crippen LogP) is 3.91. The van der Waals surface area contributed by atoms with Gasteiger partial charge in [-0.25, -0.2) is 0 Å². The van der Waals surface area contributed by atoms with Crippen molar-refractivity contribution in [3.05, 3.63) is 57.3 Å². The minimum absolute atomic E-state index is 0.0324. The molecule has 0 fully saturated rings. The molecule has 3 aromatic rings. The molecule has 0 unspecified atom stereocenters. The molecular formula is C21H21ClN2O4S. The van der Waals surface area contributed by atoms with Gasteiger partial charge in [-0.3, -0.25) is 9.59 Å². The zero-order valence-electron chi connectivity index (χ0n) is 16.4. The number of thiazole rings is 1. The van der Waals surface area contributed by atoms with Gasteiger partial charge in [0.05, 0.1) is 30.4 Å². The first kappa shape index (κ1) is 21.1. The Kier molecular flexibility index (Phi) is 6.71. The van der Waals surface area contributed by atoms with Crippen LogP contribution in [0.2, 0.25) is 5.02 Å². The average molecular weight is 433 g/mol. The van der Waals surface area contributed by atoms with E-state index < -0.39 is 5.97 Å². The highest BCUT2D eigenvalue weighted by molar-refractivity contribution is 7.16. The van der Waals surface area contributed by atoms with Crippen LogP contribution < -0.4 is 9.54 Å². The van der Waals surface area contributed by atoms with Crippen LogP contribution in [-0.2, 0) is 27.3 Å². The summed E-state index contributed by atoms with van der Waals surface area (Å²) in [6, 6.07) is 11.0. The largest absolute Gasteiger partial charge is 0.496 e. The van der Waals surface area contributed by atoms with Crippen LogP contribution in [0.4, 0.5) is 0 Å². The molecule has 0 saturated heterocycles. The number of esters is 1. The summed E-state index contributed by atoms with van der Waals surface area (Å²) in [5.74, 6) is -0.0813. The fraction of sp³-hybridized carbons (Fsp3) is 0.286. The third-order valence-corrected chi connectivity index (χ3v) is 5.51. The summed E-state index contributed by atoms with van der Waals surface area (Å²) in [5.41, 5.74) is 2.57. The maximum absolute atomic E-state index is 12.7. The molecule has 152 valence electrons. The van der Waals surface area contributed by atoms with E-state index in [4.69, 9.17) is 21.1 Å². The van der Waals surface area contributed by atoms with E-state index in [1.54, 1.807) is 36.8 Å². The Hall–Kier alpha value is -2.64. The topological polar surface area (TPSA) is 69.9 Å². The Bertz CT molecular complexity index is 1130. The van der Waals surface area contributed by atoms with Crippen LogP contribution in [0.25, 0.3) is 10.2 Å². The van der Waals surface area contributed by atoms with Gasteiger partial charge in [-0.05, 0) is 38.1 Å². The lowest BCUT2D eigenvalue weighted by Crippen LogP contribution is -2.23. The molecule has 1 aromatic heterocycles. The molecule has 0 radical (unpaired) electrons. The number of hydrogen-bond acceptors (Lipinski definition) is 5. The lowest BCUT2D eigenvalue weighted by Gasteiger charge is -2.08. The van der Waals surface area contributed by atoms with Gasteiger partial charge in [0.2, 0.25) is 0 Å². The SMILES string of the molecule is CCOC(=O)Cn1c(=NC(=O)Cc2cc(C)ccc2OC)sc2cc(Cl)ccc21. The number of nitrogens with zero attached hydrogens (tertiary/aromatic N) is 2. The highest BCUT2D eigenvalue weighted by Gasteiger charge is 2.14. The number of amides is 1. The number of halogens is 1. The van der Waals surface area contributed by atoms with E-state index in [9.17, 15) is 9.59 Å². The lowest BCUT2D eigenvalue weighted by atomic mass is 10.1. The van der Waals surface area contributed by atoms with Gasteiger partial charge < -0.3 is 14.0 Å². The van der Waals surface area contributed by atoms with Crippen LogP contribution in [-0.4, -0.2) is 30.2 Å². The summed E-state index contributed by atoms with van der Waals surface area (Å²) in [5, 5.41) is 0.574. The number of fused-ring (bicyclic) bond motifs is 1. The molecule has 0 saturated carbocycles. The molecule has 6 nitrogen and oxygen atoms in total. The van der Waals surface area contributed by atoms with Crippen molar-refractivity contribution in [1.82, 2.24) is 4.57 Å². The van der Waals surface area contributed by atoms with Gasteiger partial charge in [0.1, 0.15) is 12.3 Å². The van der Waals surface area contributed by atoms with Crippen molar-refractivity contribution in [2.75, 3.05) is 13.7 Å². The number of aryl methyl sites for hydroxylation is 1. The van der Waals surface area contributed by atoms with Crippen molar-refractivity contribution in [3.8, 4) is 5.75 Å². The highest BCUT2D eigenvalue weighted by atomic mass is 35.5. The summed E-state index contributed by atoms with van der Waals surface area (Å²) in [6.07, 6.45) is 0.0965. The van der Waals surface area contributed by atoms with Crippen molar-refractivity contribution in [2.24, 2.45) is 4.99 Å². The van der Waals surface area contributed by atoms with Crippen molar-refractivity contribution >= 4 is 45.0 Å². The van der Waals surface area contributed by atoms with E-state index in [0.717, 1.165) is 21.3 Å². The van der Waals surface area contributed by atoms with Gasteiger partial charge in [-0.2, -0.15) is 4.99 Å². The van der Waals surface area contributed by atoms with E-state index in [2.05, 4.69) is 4.99 Å². The quantitative estimate of drug-likeness (QED) is 0.554. The molecule has 0 spiro atoms. The molecule has 1 amide bonds. The van der Waals surface area contributed by atoms with Crippen LogP contribution in [0.1, 0.15) is 18.1 Å². The van der Waals surface area contributed by atoms with Crippen molar-refractivity contribution in [1.29, 1.82) is 0 Å². The third-order valence-electron chi connectivity index (χ3n) is 4.24. The normalized spacial score (nSPS) is 11.7. The fourth-order valence-corrected chi connectivity index (χ4v) is 4.30. The van der Waals surface area contributed by atoms with E-state index in [0.29, 0.717) is 15.6 Å². The summed E-state index contributed by atoms with van der Waals surface area (Å²) in [6.45, 7) is 3.95. The number of rotatable bonds is 6. The summed E-state index contributed by atoms with van der Waals surface area (Å²) >= 11 is 7.39. The van der Waals surface area contributed by atoms with Crippen LogP contribution in [0.5, 0.6) is 5.75 Å². The standard InChI is InChI=1S/C21H21ClN2O4S/c1-4-28-20(26)12-24-16-7-6-15(22)11-18(16)29-21(24)23-19(25)10-14-9-13(2)5-8-17(14)27-3/h5-9,11H,4,10,12H2,1-3H3. The lowest BCUT2D eigenvalue weighted by molar-refractivity contribution is -0.143. The van der Waals surface area contributed by atoms with E-state index in [1.165, 1.54) is 11.3 Å². The van der Waals surface area contributed by atoms with Crippen molar-refractivity contribution in [3.63, 3.8) is 0 Å². The second-order valence-corrected chi connectivity index (χ2v) is 7.83. The van der Waals surface area contributed by atoms with Gasteiger partial charge in [-0.15, -0.1) is 0 Å². The second-order valence-electron chi connectivity index (χ2n) is 6.39. The molecular weight excluding hydrogens is 412 g/mol. The Morgan fingerprint density at radius 3 is 2.72 bits per heavy atom.